The van der Waals surface area contributed by atoms with E-state index >= 15 is 0 Å². The molecule has 3 amide bonds. The van der Waals surface area contributed by atoms with Crippen molar-refractivity contribution in [2.75, 3.05) is 19.0 Å². The number of nitrogens with zero attached hydrogens (tertiary/aromatic N) is 2. The molecule has 0 aliphatic carbocycles. The summed E-state index contributed by atoms with van der Waals surface area (Å²) < 4.78 is 4.96. The van der Waals surface area contributed by atoms with Crippen LogP contribution in [0, 0.1) is 10.1 Å². The van der Waals surface area contributed by atoms with E-state index in [4.69, 9.17) is 16.3 Å². The number of hydrogen-bond acceptors (Lipinski definition) is 7. The van der Waals surface area contributed by atoms with Gasteiger partial charge in [-0.2, -0.15) is 5.10 Å². The maximum Gasteiger partial charge on any atom is 0.319 e. The number of phenols is 1. The molecule has 2 rings (SSSR count). The minimum Gasteiger partial charge on any atom is -0.504 e. The molecule has 0 fully saturated rings. The Morgan fingerprint density at radius 3 is 2.72 bits per heavy atom. The molecule has 152 valence electrons. The van der Waals surface area contributed by atoms with Crippen LogP contribution < -0.4 is 20.8 Å². The molecule has 0 aromatic heterocycles. The summed E-state index contributed by atoms with van der Waals surface area (Å²) in [6, 6.07) is 7.31. The van der Waals surface area contributed by atoms with Crippen LogP contribution in [-0.4, -0.2) is 41.8 Å². The van der Waals surface area contributed by atoms with Gasteiger partial charge in [0.1, 0.15) is 6.54 Å². The largest absolute Gasteiger partial charge is 0.504 e. The number of rotatable bonds is 7. The first-order chi connectivity index (χ1) is 13.8. The summed E-state index contributed by atoms with van der Waals surface area (Å²) in [5.41, 5.74) is 2.72. The number of urea groups is 1. The van der Waals surface area contributed by atoms with Gasteiger partial charge < -0.3 is 20.5 Å². The Labute approximate surface area is 169 Å². The van der Waals surface area contributed by atoms with E-state index in [1.54, 1.807) is 6.07 Å². The van der Waals surface area contributed by atoms with Gasteiger partial charge in [-0.1, -0.05) is 11.6 Å². The number of ether oxygens (including phenoxy) is 1. The Kier molecular flexibility index (Phi) is 7.32. The maximum absolute atomic E-state index is 11.8. The lowest BCUT2D eigenvalue weighted by atomic mass is 10.2. The van der Waals surface area contributed by atoms with E-state index in [0.717, 1.165) is 6.07 Å². The topological polar surface area (TPSA) is 155 Å². The molecule has 0 saturated carbocycles. The average Bonchev–Trinajstić information content (AvgIpc) is 2.69. The van der Waals surface area contributed by atoms with Crippen LogP contribution in [0.3, 0.4) is 0 Å². The lowest BCUT2D eigenvalue weighted by molar-refractivity contribution is -0.384. The molecule has 12 heteroatoms. The molecule has 4 N–H and O–H groups in total. The van der Waals surface area contributed by atoms with Gasteiger partial charge in [0.15, 0.2) is 11.5 Å². The third-order valence-electron chi connectivity index (χ3n) is 3.43. The minimum absolute atomic E-state index is 0.0206. The van der Waals surface area contributed by atoms with Gasteiger partial charge in [-0.3, -0.25) is 14.9 Å². The van der Waals surface area contributed by atoms with Crippen molar-refractivity contribution >= 4 is 41.1 Å². The molecule has 0 radical (unpaired) electrons. The van der Waals surface area contributed by atoms with Crippen LogP contribution in [0.1, 0.15) is 5.56 Å². The highest BCUT2D eigenvalue weighted by atomic mass is 35.5. The molecule has 0 saturated heterocycles. The maximum atomic E-state index is 11.8. The number of halogens is 1. The number of aromatic hydroxyl groups is 1. The highest BCUT2D eigenvalue weighted by Gasteiger charge is 2.12. The van der Waals surface area contributed by atoms with Crippen LogP contribution >= 0.6 is 11.6 Å². The van der Waals surface area contributed by atoms with Crippen LogP contribution in [0.15, 0.2) is 41.5 Å². The molecule has 0 atom stereocenters. The Morgan fingerprint density at radius 2 is 2.07 bits per heavy atom. The minimum atomic E-state index is -0.733. The van der Waals surface area contributed by atoms with E-state index in [1.807, 2.05) is 0 Å². The quantitative estimate of drug-likeness (QED) is 0.305. The first-order valence-corrected chi connectivity index (χ1v) is 8.35. The number of methoxy groups -OCH3 is 1. The zero-order chi connectivity index (χ0) is 21.4. The average molecular weight is 422 g/mol. The molecule has 0 aliphatic heterocycles. The fraction of sp³-hybridized carbons (Fsp3) is 0.118. The molecule has 29 heavy (non-hydrogen) atoms. The van der Waals surface area contributed by atoms with E-state index in [-0.39, 0.29) is 34.4 Å². The number of carbonyl (C=O) groups excluding carboxylic acids is 2. The molecule has 2 aromatic rings. The summed E-state index contributed by atoms with van der Waals surface area (Å²) in [6.07, 6.45) is 1.33. The van der Waals surface area contributed by atoms with Gasteiger partial charge in [-0.15, -0.1) is 0 Å². The third-order valence-corrected chi connectivity index (χ3v) is 3.74. The number of hydrogen-bond donors (Lipinski definition) is 4. The fourth-order valence-electron chi connectivity index (χ4n) is 2.04. The summed E-state index contributed by atoms with van der Waals surface area (Å²) in [4.78, 5) is 33.6. The Bertz CT molecular complexity index is 965. The molecule has 0 spiro atoms. The van der Waals surface area contributed by atoms with Crippen LogP contribution in [0.25, 0.3) is 0 Å². The number of amides is 3. The molecule has 11 nitrogen and oxygen atoms in total. The van der Waals surface area contributed by atoms with Gasteiger partial charge in [-0.25, -0.2) is 10.2 Å². The Hall–Kier alpha value is -3.86. The van der Waals surface area contributed by atoms with E-state index < -0.39 is 16.9 Å². The monoisotopic (exact) mass is 421 g/mol. The fourth-order valence-corrected chi connectivity index (χ4v) is 2.26. The van der Waals surface area contributed by atoms with Crippen molar-refractivity contribution in [3.05, 3.63) is 57.1 Å². The van der Waals surface area contributed by atoms with Crippen molar-refractivity contribution in [1.29, 1.82) is 0 Å². The Balaban J connectivity index is 1.81. The van der Waals surface area contributed by atoms with Crippen LogP contribution in [-0.2, 0) is 4.79 Å². The van der Waals surface area contributed by atoms with E-state index in [1.165, 1.54) is 37.6 Å². The molecule has 0 heterocycles. The number of benzene rings is 2. The van der Waals surface area contributed by atoms with E-state index in [9.17, 15) is 24.8 Å². The predicted octanol–water partition coefficient (Wildman–Crippen LogP) is 2.23. The number of anilines is 1. The number of non-ortho nitro benzene ring substituents is 1. The normalized spacial score (nSPS) is 10.4. The summed E-state index contributed by atoms with van der Waals surface area (Å²) in [6.45, 7) is -0.382. The van der Waals surface area contributed by atoms with Crippen molar-refractivity contribution < 1.29 is 24.4 Å². The van der Waals surface area contributed by atoms with Gasteiger partial charge >= 0.3 is 6.03 Å². The first kappa shape index (κ1) is 21.4. The molecular weight excluding hydrogens is 406 g/mol. The van der Waals surface area contributed by atoms with Gasteiger partial charge in [0, 0.05) is 12.1 Å². The van der Waals surface area contributed by atoms with Crippen molar-refractivity contribution in [3.63, 3.8) is 0 Å². The predicted molar refractivity (Wildman–Crippen MR) is 106 cm³/mol. The zero-order valence-corrected chi connectivity index (χ0v) is 15.8. The number of nitrogens with one attached hydrogen (secondary N) is 3. The lowest BCUT2D eigenvalue weighted by Crippen LogP contribution is -2.37. The van der Waals surface area contributed by atoms with Crippen LogP contribution in [0.5, 0.6) is 11.5 Å². The van der Waals surface area contributed by atoms with E-state index in [0.29, 0.717) is 5.56 Å². The summed E-state index contributed by atoms with van der Waals surface area (Å²) in [5, 5.41) is 28.5. The second-order valence-electron chi connectivity index (χ2n) is 5.45. The molecule has 2 aromatic carbocycles. The SMILES string of the molecule is COc1cc(C=NNC(=O)CNC(=O)Nc2ccc([N+](=O)[O-])cc2Cl)ccc1O. The van der Waals surface area contributed by atoms with Crippen molar-refractivity contribution in [1.82, 2.24) is 10.7 Å². The first-order valence-electron chi connectivity index (χ1n) is 7.98. The summed E-state index contributed by atoms with van der Waals surface area (Å²) >= 11 is 5.87. The highest BCUT2D eigenvalue weighted by Crippen LogP contribution is 2.26. The molecule has 0 aliphatic rings. The Morgan fingerprint density at radius 1 is 1.31 bits per heavy atom. The molecular formula is C17H16ClN5O6. The van der Waals surface area contributed by atoms with Crippen molar-refractivity contribution in [3.8, 4) is 11.5 Å². The third kappa shape index (κ3) is 6.36. The van der Waals surface area contributed by atoms with Crippen molar-refractivity contribution in [2.45, 2.75) is 0 Å². The van der Waals surface area contributed by atoms with E-state index in [2.05, 4.69) is 21.2 Å². The molecule has 0 unspecified atom stereocenters. The second kappa shape index (κ2) is 9.90. The van der Waals surface area contributed by atoms with Gasteiger partial charge in [0.25, 0.3) is 11.6 Å². The van der Waals surface area contributed by atoms with Gasteiger partial charge in [0.05, 0.1) is 29.0 Å². The number of nitro benzene ring substituents is 1. The number of carbonyl (C=O) groups is 2. The zero-order valence-electron chi connectivity index (χ0n) is 15.0. The number of phenolic OH excluding ortho intramolecular Hbond substituents is 1. The van der Waals surface area contributed by atoms with Gasteiger partial charge in [0.2, 0.25) is 0 Å². The number of hydrazone groups is 1. The summed E-state index contributed by atoms with van der Waals surface area (Å²) in [5.74, 6) is -0.377. The summed E-state index contributed by atoms with van der Waals surface area (Å²) in [7, 11) is 1.40. The second-order valence-corrected chi connectivity index (χ2v) is 5.86. The highest BCUT2D eigenvalue weighted by molar-refractivity contribution is 6.33. The number of nitro groups is 1. The van der Waals surface area contributed by atoms with Crippen LogP contribution in [0.4, 0.5) is 16.2 Å². The standard InChI is InChI=1S/C17H16ClN5O6/c1-29-15-6-10(2-5-14(15)24)8-20-22-16(25)9-19-17(26)21-13-4-3-11(23(27)28)7-12(13)18/h2-8,24H,9H2,1H3,(H,22,25)(H2,19,21,26). The van der Waals surface area contributed by atoms with Crippen molar-refractivity contribution in [2.24, 2.45) is 5.10 Å². The van der Waals surface area contributed by atoms with Gasteiger partial charge in [-0.05, 0) is 29.8 Å². The molecule has 0 bridgehead atoms. The van der Waals surface area contributed by atoms with Crippen LogP contribution in [0.2, 0.25) is 5.02 Å². The smallest absolute Gasteiger partial charge is 0.319 e. The lowest BCUT2D eigenvalue weighted by Gasteiger charge is -2.08.